The fraction of sp³-hybridized carbons (Fsp3) is 0. The Balaban J connectivity index is 1.23. The molecule has 10 aromatic rings. The lowest BCUT2D eigenvalue weighted by molar-refractivity contribution is 1.23. The number of aromatic nitrogens is 4. The summed E-state index contributed by atoms with van der Waals surface area (Å²) in [5.41, 5.74) is 7.75. The Morgan fingerprint density at radius 2 is 0.596 bits per heavy atom. The molecule has 2 heterocycles. The van der Waals surface area contributed by atoms with Gasteiger partial charge in [0.2, 0.25) is 0 Å². The Hall–Kier alpha value is -7.34. The Morgan fingerprint density at radius 3 is 1.02 bits per heavy atom. The lowest BCUT2D eigenvalue weighted by atomic mass is 10.1. The molecule has 5 heteroatoms. The van der Waals surface area contributed by atoms with Crippen LogP contribution in [0.5, 0.6) is 0 Å². The highest BCUT2D eigenvalue weighted by Crippen LogP contribution is 2.31. The van der Waals surface area contributed by atoms with Crippen LogP contribution in [-0.2, 0) is 0 Å². The van der Waals surface area contributed by atoms with Crippen molar-refractivity contribution in [3.63, 3.8) is 0 Å². The first-order valence-corrected chi connectivity index (χ1v) is 21.2. The lowest BCUT2D eigenvalue weighted by Crippen LogP contribution is -2.74. The molecule has 268 valence electrons. The Kier molecular flexibility index (Phi) is 8.82. The van der Waals surface area contributed by atoms with Crippen LogP contribution in [0.15, 0.2) is 218 Å². The molecule has 4 nitrogen and oxygen atoms in total. The Bertz CT molecular complexity index is 2800. The van der Waals surface area contributed by atoms with Crippen LogP contribution in [0.2, 0.25) is 0 Å². The molecule has 0 aliphatic rings. The van der Waals surface area contributed by atoms with Crippen molar-refractivity contribution < 1.29 is 0 Å². The van der Waals surface area contributed by atoms with E-state index in [2.05, 4.69) is 170 Å². The highest BCUT2D eigenvalue weighted by Gasteiger charge is 2.42. The second-order valence-corrected chi connectivity index (χ2v) is 18.0. The summed E-state index contributed by atoms with van der Waals surface area (Å²) >= 11 is 0. The monoisotopic (exact) mass is 744 g/mol. The molecule has 0 saturated carbocycles. The van der Waals surface area contributed by atoms with Crippen molar-refractivity contribution in [1.29, 1.82) is 0 Å². The summed E-state index contributed by atoms with van der Waals surface area (Å²) in [5.74, 6) is 1.42. The average molecular weight is 745 g/mol. The summed E-state index contributed by atoms with van der Waals surface area (Å²) < 4.78 is 0. The van der Waals surface area contributed by atoms with E-state index in [1.807, 2.05) is 48.5 Å². The smallest absolute Gasteiger partial charge is 0.179 e. The first-order valence-electron chi connectivity index (χ1n) is 19.2. The van der Waals surface area contributed by atoms with Gasteiger partial charge in [-0.3, -0.25) is 0 Å². The first kappa shape index (κ1) is 34.2. The maximum atomic E-state index is 5.29. The van der Waals surface area contributed by atoms with Crippen LogP contribution >= 0.6 is 0 Å². The molecule has 0 bridgehead atoms. The van der Waals surface area contributed by atoms with E-state index >= 15 is 0 Å². The van der Waals surface area contributed by atoms with E-state index in [-0.39, 0.29) is 0 Å². The topological polar surface area (TPSA) is 51.6 Å². The van der Waals surface area contributed by atoms with E-state index in [0.717, 1.165) is 55.4 Å². The fourth-order valence-corrected chi connectivity index (χ4v) is 13.0. The van der Waals surface area contributed by atoms with Crippen molar-refractivity contribution in [2.24, 2.45) is 0 Å². The molecular weight excluding hydrogens is 709 g/mol. The quantitative estimate of drug-likeness (QED) is 0.115. The standard InChI is InChI=1S/C52H36N4Si/c1-5-19-37(20-6-1)51-53-47-33-15-13-31-45(47)49(55-51)39-23-17-29-43(35-39)57(41-25-9-3-10-26-41,42-27-11-4-12-28-42)44-30-18-24-40(36-44)50-46-32-14-16-34-48(46)54-52(56-50)38-21-7-2-8-22-38/h1-36H. The third-order valence-corrected chi connectivity index (χ3v) is 15.6. The van der Waals surface area contributed by atoms with Crippen molar-refractivity contribution >= 4 is 50.6 Å². The van der Waals surface area contributed by atoms with Crippen LogP contribution in [-0.4, -0.2) is 28.0 Å². The molecule has 0 radical (unpaired) electrons. The van der Waals surface area contributed by atoms with Crippen LogP contribution in [0.3, 0.4) is 0 Å². The van der Waals surface area contributed by atoms with Gasteiger partial charge in [0.15, 0.2) is 19.7 Å². The minimum absolute atomic E-state index is 0.712. The van der Waals surface area contributed by atoms with Crippen LogP contribution in [0.4, 0.5) is 0 Å². The number of fused-ring (bicyclic) bond motifs is 2. The summed E-state index contributed by atoms with van der Waals surface area (Å²) in [4.78, 5) is 20.6. The number of hydrogen-bond acceptors (Lipinski definition) is 4. The predicted octanol–water partition coefficient (Wildman–Crippen LogP) is 9.62. The summed E-state index contributed by atoms with van der Waals surface area (Å²) in [5, 5.41) is 7.15. The van der Waals surface area contributed by atoms with Crippen molar-refractivity contribution in [3.05, 3.63) is 218 Å². The molecule has 2 aromatic heterocycles. The molecule has 8 aromatic carbocycles. The number of para-hydroxylation sites is 2. The number of rotatable bonds is 8. The summed E-state index contributed by atoms with van der Waals surface area (Å²) in [6.07, 6.45) is 0. The van der Waals surface area contributed by atoms with Gasteiger partial charge in [0.05, 0.1) is 22.4 Å². The molecule has 0 atom stereocenters. The van der Waals surface area contributed by atoms with Gasteiger partial charge in [-0.1, -0.05) is 206 Å². The van der Waals surface area contributed by atoms with Crippen molar-refractivity contribution in [2.45, 2.75) is 0 Å². The minimum Gasteiger partial charge on any atom is -0.228 e. The number of benzene rings is 8. The normalized spacial score (nSPS) is 11.5. The second-order valence-electron chi connectivity index (χ2n) is 14.2. The van der Waals surface area contributed by atoms with E-state index < -0.39 is 8.07 Å². The molecule has 0 fully saturated rings. The number of hydrogen-bond donors (Lipinski definition) is 0. The maximum Gasteiger partial charge on any atom is 0.179 e. The maximum absolute atomic E-state index is 5.29. The SMILES string of the molecule is c1ccc(-c2nc(-c3cccc([Si](c4ccccc4)(c4ccccc4)c4cccc(-c5nc(-c6ccccc6)nc6ccccc56)c4)c3)c3ccccc3n2)cc1. The fourth-order valence-electron chi connectivity index (χ4n) is 8.20. The van der Waals surface area contributed by atoms with Crippen molar-refractivity contribution in [1.82, 2.24) is 19.9 Å². The van der Waals surface area contributed by atoms with Crippen LogP contribution in [0.25, 0.3) is 67.1 Å². The molecule has 0 aliphatic heterocycles. The summed E-state index contributed by atoms with van der Waals surface area (Å²) in [6, 6.07) is 77.4. The van der Waals surface area contributed by atoms with E-state index in [9.17, 15) is 0 Å². The predicted molar refractivity (Wildman–Crippen MR) is 238 cm³/mol. The Morgan fingerprint density at radius 1 is 0.263 bits per heavy atom. The third kappa shape index (κ3) is 6.20. The van der Waals surface area contributed by atoms with Crippen molar-refractivity contribution in [3.8, 4) is 45.3 Å². The third-order valence-electron chi connectivity index (χ3n) is 10.8. The van der Waals surface area contributed by atoms with Gasteiger partial charge in [-0.05, 0) is 32.9 Å². The molecule has 0 amide bonds. The Labute approximate surface area is 332 Å². The van der Waals surface area contributed by atoms with E-state index in [1.165, 1.54) is 20.7 Å². The van der Waals surface area contributed by atoms with Gasteiger partial charge in [0.1, 0.15) is 0 Å². The summed E-state index contributed by atoms with van der Waals surface area (Å²) in [7, 11) is -3.01. The number of nitrogens with zero attached hydrogens (tertiary/aromatic N) is 4. The highest BCUT2D eigenvalue weighted by molar-refractivity contribution is 7.20. The lowest BCUT2D eigenvalue weighted by Gasteiger charge is -2.35. The first-order chi connectivity index (χ1) is 28.3. The minimum atomic E-state index is -3.01. The molecule has 0 N–H and O–H groups in total. The zero-order valence-electron chi connectivity index (χ0n) is 31.1. The van der Waals surface area contributed by atoms with Gasteiger partial charge in [-0.15, -0.1) is 0 Å². The highest BCUT2D eigenvalue weighted by atomic mass is 28.3. The van der Waals surface area contributed by atoms with Gasteiger partial charge >= 0.3 is 0 Å². The van der Waals surface area contributed by atoms with Gasteiger partial charge in [-0.2, -0.15) is 0 Å². The van der Waals surface area contributed by atoms with E-state index in [4.69, 9.17) is 19.9 Å². The molecular formula is C52H36N4Si. The molecule has 10 rings (SSSR count). The van der Waals surface area contributed by atoms with Crippen LogP contribution in [0, 0.1) is 0 Å². The molecule has 0 unspecified atom stereocenters. The molecule has 0 saturated heterocycles. The van der Waals surface area contributed by atoms with E-state index in [1.54, 1.807) is 0 Å². The van der Waals surface area contributed by atoms with Gasteiger partial charge in [0, 0.05) is 33.0 Å². The van der Waals surface area contributed by atoms with Crippen LogP contribution < -0.4 is 20.7 Å². The van der Waals surface area contributed by atoms with Crippen LogP contribution in [0.1, 0.15) is 0 Å². The largest absolute Gasteiger partial charge is 0.228 e. The van der Waals surface area contributed by atoms with Crippen molar-refractivity contribution in [2.75, 3.05) is 0 Å². The summed E-state index contributed by atoms with van der Waals surface area (Å²) in [6.45, 7) is 0. The van der Waals surface area contributed by atoms with Gasteiger partial charge < -0.3 is 0 Å². The van der Waals surface area contributed by atoms with Gasteiger partial charge in [0.25, 0.3) is 0 Å². The second kappa shape index (κ2) is 14.7. The van der Waals surface area contributed by atoms with Gasteiger partial charge in [-0.25, -0.2) is 19.9 Å². The molecule has 0 spiro atoms. The molecule has 57 heavy (non-hydrogen) atoms. The zero-order chi connectivity index (χ0) is 38.0. The molecule has 0 aliphatic carbocycles. The zero-order valence-corrected chi connectivity index (χ0v) is 32.1. The van der Waals surface area contributed by atoms with E-state index in [0.29, 0.717) is 11.6 Å². The average Bonchev–Trinajstić information content (AvgIpc) is 3.30.